The molecule has 0 aliphatic carbocycles. The highest BCUT2D eigenvalue weighted by Crippen LogP contribution is 2.17. The molecule has 0 saturated carbocycles. The van der Waals surface area contributed by atoms with Gasteiger partial charge in [-0.3, -0.25) is 9.59 Å². The highest BCUT2D eigenvalue weighted by atomic mass is 16.5. The minimum absolute atomic E-state index is 0.0569. The zero-order valence-corrected chi connectivity index (χ0v) is 37.5. The van der Waals surface area contributed by atoms with Crippen molar-refractivity contribution in [2.24, 2.45) is 0 Å². The molecule has 0 spiro atoms. The van der Waals surface area contributed by atoms with E-state index < -0.39 is 18.2 Å². The van der Waals surface area contributed by atoms with Crippen LogP contribution < -0.4 is 5.32 Å². The Bertz CT molecular complexity index is 889. The largest absolute Gasteiger partial charge is 0.462 e. The Morgan fingerprint density at radius 1 is 0.500 bits per heavy atom. The van der Waals surface area contributed by atoms with Crippen molar-refractivity contribution < 1.29 is 24.5 Å². The number of hydrogen-bond donors (Lipinski definition) is 3. The van der Waals surface area contributed by atoms with Crippen LogP contribution in [0.15, 0.2) is 24.3 Å². The third-order valence-corrected chi connectivity index (χ3v) is 11.3. The summed E-state index contributed by atoms with van der Waals surface area (Å²) >= 11 is 0. The van der Waals surface area contributed by atoms with E-state index >= 15 is 0 Å². The number of rotatable bonds is 44. The van der Waals surface area contributed by atoms with Gasteiger partial charge in [0.1, 0.15) is 6.10 Å². The van der Waals surface area contributed by atoms with Crippen molar-refractivity contribution in [3.63, 3.8) is 0 Å². The Morgan fingerprint density at radius 3 is 1.36 bits per heavy atom. The molecule has 0 aliphatic heterocycles. The summed E-state index contributed by atoms with van der Waals surface area (Å²) < 4.78 is 5.89. The lowest BCUT2D eigenvalue weighted by molar-refractivity contribution is -0.151. The highest BCUT2D eigenvalue weighted by molar-refractivity contribution is 5.77. The maximum Gasteiger partial charge on any atom is 0.306 e. The van der Waals surface area contributed by atoms with Crippen molar-refractivity contribution >= 4 is 11.9 Å². The zero-order valence-electron chi connectivity index (χ0n) is 37.5. The highest BCUT2D eigenvalue weighted by Gasteiger charge is 2.24. The van der Waals surface area contributed by atoms with Gasteiger partial charge in [-0.25, -0.2) is 0 Å². The van der Waals surface area contributed by atoms with Gasteiger partial charge in [0, 0.05) is 6.42 Å². The molecule has 0 aromatic rings. The number of carbonyl (C=O) groups is 2. The lowest BCUT2D eigenvalue weighted by Crippen LogP contribution is -2.46. The third-order valence-electron chi connectivity index (χ3n) is 11.3. The van der Waals surface area contributed by atoms with Crippen molar-refractivity contribution in [1.82, 2.24) is 5.32 Å². The molecule has 0 fully saturated rings. The molecule has 0 aromatic carbocycles. The van der Waals surface area contributed by atoms with Crippen molar-refractivity contribution in [2.45, 2.75) is 277 Å². The lowest BCUT2D eigenvalue weighted by Gasteiger charge is -2.24. The maximum absolute atomic E-state index is 13.1. The van der Waals surface area contributed by atoms with E-state index in [0.717, 1.165) is 64.2 Å². The second-order valence-electron chi connectivity index (χ2n) is 16.9. The van der Waals surface area contributed by atoms with Crippen LogP contribution in [-0.2, 0) is 14.3 Å². The number of allylic oxidation sites excluding steroid dienone is 4. The molecule has 1 amide bonds. The van der Waals surface area contributed by atoms with Crippen LogP contribution in [0.4, 0.5) is 0 Å². The maximum atomic E-state index is 13.1. The van der Waals surface area contributed by atoms with Crippen molar-refractivity contribution in [2.75, 3.05) is 6.61 Å². The number of nitrogens with one attached hydrogen (secondary N) is 1. The van der Waals surface area contributed by atoms with E-state index in [1.807, 2.05) is 0 Å². The van der Waals surface area contributed by atoms with Crippen LogP contribution in [0.1, 0.15) is 258 Å². The van der Waals surface area contributed by atoms with Crippen LogP contribution in [0.25, 0.3) is 0 Å². The summed E-state index contributed by atoms with van der Waals surface area (Å²) in [6.45, 7) is 6.44. The van der Waals surface area contributed by atoms with Gasteiger partial charge in [0.05, 0.1) is 25.2 Å². The van der Waals surface area contributed by atoms with Gasteiger partial charge in [-0.05, 0) is 64.2 Å². The van der Waals surface area contributed by atoms with Crippen LogP contribution in [0.5, 0.6) is 0 Å². The molecule has 3 atom stereocenters. The average molecular weight is 790 g/mol. The van der Waals surface area contributed by atoms with Crippen LogP contribution in [-0.4, -0.2) is 46.9 Å². The van der Waals surface area contributed by atoms with Gasteiger partial charge in [0.15, 0.2) is 0 Å². The van der Waals surface area contributed by atoms with Crippen LogP contribution >= 0.6 is 0 Å². The molecule has 56 heavy (non-hydrogen) atoms. The molecule has 0 rings (SSSR count). The standard InChI is InChI=1S/C50H95NO5/c1-4-7-10-13-16-19-22-24-25-28-30-33-36-39-42-48(53)47(45-52)51-49(54)44-46(41-38-35-32-29-27-23-20-17-14-11-8-5-2)56-50(55)43-40-37-34-31-26-21-18-15-12-9-6-3/h15,18,29,32,46-48,52-53H,4-14,16-17,19-28,30-31,33-45H2,1-3H3,(H,51,54)/b18-15-,32-29-. The zero-order chi connectivity index (χ0) is 41.0. The first-order valence-corrected chi connectivity index (χ1v) is 24.6. The van der Waals surface area contributed by atoms with Gasteiger partial charge < -0.3 is 20.3 Å². The predicted octanol–water partition coefficient (Wildman–Crippen LogP) is 14.3. The molecule has 0 heterocycles. The molecule has 3 unspecified atom stereocenters. The summed E-state index contributed by atoms with van der Waals surface area (Å²) in [5.41, 5.74) is 0. The number of aliphatic hydroxyl groups excluding tert-OH is 2. The summed E-state index contributed by atoms with van der Waals surface area (Å²) in [7, 11) is 0. The van der Waals surface area contributed by atoms with Gasteiger partial charge >= 0.3 is 5.97 Å². The fourth-order valence-corrected chi connectivity index (χ4v) is 7.47. The van der Waals surface area contributed by atoms with Crippen LogP contribution in [0, 0.1) is 0 Å². The fourth-order valence-electron chi connectivity index (χ4n) is 7.47. The van der Waals surface area contributed by atoms with E-state index in [2.05, 4.69) is 50.4 Å². The molecule has 6 heteroatoms. The summed E-state index contributed by atoms with van der Waals surface area (Å²) in [4.78, 5) is 26.0. The Hall–Kier alpha value is -1.66. The first kappa shape index (κ1) is 54.3. The number of hydrogen-bond acceptors (Lipinski definition) is 5. The van der Waals surface area contributed by atoms with E-state index in [0.29, 0.717) is 19.3 Å². The number of esters is 1. The minimum atomic E-state index is -0.791. The Kier molecular flexibility index (Phi) is 43.1. The first-order chi connectivity index (χ1) is 27.5. The smallest absolute Gasteiger partial charge is 0.306 e. The number of unbranched alkanes of at least 4 members (excludes halogenated alkanes) is 28. The lowest BCUT2D eigenvalue weighted by atomic mass is 10.0. The molecule has 0 bridgehead atoms. The Morgan fingerprint density at radius 2 is 0.893 bits per heavy atom. The number of amides is 1. The second-order valence-corrected chi connectivity index (χ2v) is 16.9. The number of aliphatic hydroxyl groups is 2. The molecule has 6 nitrogen and oxygen atoms in total. The van der Waals surface area contributed by atoms with Gasteiger partial charge in [0.2, 0.25) is 5.91 Å². The van der Waals surface area contributed by atoms with Crippen LogP contribution in [0.2, 0.25) is 0 Å². The van der Waals surface area contributed by atoms with Crippen LogP contribution in [0.3, 0.4) is 0 Å². The fraction of sp³-hybridized carbons (Fsp3) is 0.880. The summed E-state index contributed by atoms with van der Waals surface area (Å²) in [5.74, 6) is -0.507. The van der Waals surface area contributed by atoms with E-state index in [9.17, 15) is 19.8 Å². The predicted molar refractivity (Wildman–Crippen MR) is 241 cm³/mol. The quantitative estimate of drug-likeness (QED) is 0.0324. The van der Waals surface area contributed by atoms with Gasteiger partial charge in [-0.15, -0.1) is 0 Å². The molecule has 3 N–H and O–H groups in total. The van der Waals surface area contributed by atoms with Crippen molar-refractivity contribution in [1.29, 1.82) is 0 Å². The first-order valence-electron chi connectivity index (χ1n) is 24.6. The van der Waals surface area contributed by atoms with E-state index in [1.54, 1.807) is 0 Å². The molecule has 0 aromatic heterocycles. The molecule has 0 radical (unpaired) electrons. The molecule has 0 aliphatic rings. The van der Waals surface area contributed by atoms with Crippen molar-refractivity contribution in [3.8, 4) is 0 Å². The van der Waals surface area contributed by atoms with E-state index in [1.165, 1.54) is 148 Å². The Balaban J connectivity index is 4.56. The Labute approximate surface area is 348 Å². The molecular weight excluding hydrogens is 695 g/mol. The third kappa shape index (κ3) is 39.2. The number of carbonyl (C=O) groups excluding carboxylic acids is 2. The average Bonchev–Trinajstić information content (AvgIpc) is 3.19. The van der Waals surface area contributed by atoms with Crippen molar-refractivity contribution in [3.05, 3.63) is 24.3 Å². The topological polar surface area (TPSA) is 95.9 Å². The molecular formula is C50H95NO5. The molecule has 330 valence electrons. The minimum Gasteiger partial charge on any atom is -0.462 e. The van der Waals surface area contributed by atoms with Gasteiger partial charge in [0.25, 0.3) is 0 Å². The SMILES string of the molecule is CCCC/C=C\CCCCCCCC(=O)OC(CCC/C=C\CCCCCCCCC)CC(=O)NC(CO)C(O)CCCCCCCCCCCCCCCC. The summed E-state index contributed by atoms with van der Waals surface area (Å²) in [6, 6.07) is -0.706. The monoisotopic (exact) mass is 790 g/mol. The molecule has 0 saturated heterocycles. The summed E-state index contributed by atoms with van der Waals surface area (Å²) in [6.07, 6.45) is 49.5. The second kappa shape index (κ2) is 44.4. The van der Waals surface area contributed by atoms with E-state index in [-0.39, 0.29) is 24.9 Å². The summed E-state index contributed by atoms with van der Waals surface area (Å²) in [5, 5.41) is 23.7. The van der Waals surface area contributed by atoms with Gasteiger partial charge in [-0.1, -0.05) is 206 Å². The van der Waals surface area contributed by atoms with E-state index in [4.69, 9.17) is 4.74 Å². The van der Waals surface area contributed by atoms with Gasteiger partial charge in [-0.2, -0.15) is 0 Å². The number of ether oxygens (including phenoxy) is 1. The normalized spacial score (nSPS) is 13.4.